The SMILES string of the molecule is CCCSc1nc(NC2CC2c2ccc(F)c(F)c2)c(NC)c(N(N)C2CC(OCCO)C3OC(C)(C)OC32)n1. The van der Waals surface area contributed by atoms with Gasteiger partial charge in [0, 0.05) is 31.2 Å². The van der Waals surface area contributed by atoms with E-state index in [1.54, 1.807) is 18.1 Å². The van der Waals surface area contributed by atoms with Crippen molar-refractivity contribution in [3.63, 3.8) is 0 Å². The summed E-state index contributed by atoms with van der Waals surface area (Å²) in [5.41, 5.74) is 1.36. The maximum Gasteiger partial charge on any atom is 0.191 e. The van der Waals surface area contributed by atoms with Crippen LogP contribution in [0.5, 0.6) is 0 Å². The summed E-state index contributed by atoms with van der Waals surface area (Å²) in [4.78, 5) is 9.62. The molecular formula is C27H38F2N6O4S. The van der Waals surface area contributed by atoms with Crippen molar-refractivity contribution >= 4 is 29.1 Å². The number of halogens is 2. The minimum Gasteiger partial charge on any atom is -0.394 e. The van der Waals surface area contributed by atoms with E-state index in [9.17, 15) is 13.9 Å². The standard InChI is InChI=1S/C27H38F2N6O4S/c1-5-10-40-26-33-24(32-18-12-15(18)14-6-7-16(28)17(29)11-14)21(31-4)25(34-26)35(30)19-13-20(37-9-8-36)23-22(19)38-27(2,3)39-23/h6-7,11,15,18-20,22-23,31,36H,5,8-10,12-13,30H2,1-4H3,(H,32,33,34). The van der Waals surface area contributed by atoms with Crippen molar-refractivity contribution in [2.24, 2.45) is 5.84 Å². The zero-order valence-corrected chi connectivity index (χ0v) is 24.0. The van der Waals surface area contributed by atoms with E-state index < -0.39 is 17.4 Å². The van der Waals surface area contributed by atoms with Gasteiger partial charge in [0.1, 0.15) is 17.9 Å². The lowest BCUT2D eigenvalue weighted by molar-refractivity contribution is -0.168. The van der Waals surface area contributed by atoms with Gasteiger partial charge in [0.15, 0.2) is 34.2 Å². The minimum atomic E-state index is -0.856. The molecule has 0 amide bonds. The number of nitrogens with one attached hydrogen (secondary N) is 2. The van der Waals surface area contributed by atoms with Crippen molar-refractivity contribution in [1.82, 2.24) is 9.97 Å². The van der Waals surface area contributed by atoms with Crippen LogP contribution in [-0.4, -0.2) is 77.3 Å². The van der Waals surface area contributed by atoms with Crippen LogP contribution in [0, 0.1) is 11.6 Å². The third kappa shape index (κ3) is 6.00. The Morgan fingerprint density at radius 2 is 1.98 bits per heavy atom. The minimum absolute atomic E-state index is 0.00514. The number of rotatable bonds is 12. The van der Waals surface area contributed by atoms with Crippen LogP contribution in [0.4, 0.5) is 26.1 Å². The fourth-order valence-corrected chi connectivity index (χ4v) is 6.25. The van der Waals surface area contributed by atoms with E-state index >= 15 is 0 Å². The van der Waals surface area contributed by atoms with E-state index in [-0.39, 0.29) is 49.5 Å². The Morgan fingerprint density at radius 1 is 1.20 bits per heavy atom. The van der Waals surface area contributed by atoms with E-state index in [1.165, 1.54) is 17.8 Å². The van der Waals surface area contributed by atoms with E-state index in [4.69, 9.17) is 30.0 Å². The summed E-state index contributed by atoms with van der Waals surface area (Å²) in [6.07, 6.45) is 1.22. The zero-order chi connectivity index (χ0) is 28.6. The van der Waals surface area contributed by atoms with Crippen LogP contribution in [-0.2, 0) is 14.2 Å². The molecule has 1 saturated heterocycles. The normalized spacial score (nSPS) is 28.4. The monoisotopic (exact) mass is 580 g/mol. The van der Waals surface area contributed by atoms with E-state index in [0.717, 1.165) is 30.2 Å². The van der Waals surface area contributed by atoms with Crippen molar-refractivity contribution < 1.29 is 28.1 Å². The molecule has 2 saturated carbocycles. The number of benzene rings is 1. The summed E-state index contributed by atoms with van der Waals surface area (Å²) in [6, 6.07) is 3.72. The molecule has 1 aromatic carbocycles. The second-order valence-electron chi connectivity index (χ2n) is 10.8. The lowest BCUT2D eigenvalue weighted by atomic mass is 10.1. The second kappa shape index (κ2) is 11.9. The molecule has 40 heavy (non-hydrogen) atoms. The smallest absolute Gasteiger partial charge is 0.191 e. The van der Waals surface area contributed by atoms with Crippen molar-refractivity contribution in [2.45, 2.75) is 87.3 Å². The first kappa shape index (κ1) is 29.2. The molecule has 5 rings (SSSR count). The van der Waals surface area contributed by atoms with Crippen molar-refractivity contribution in [1.29, 1.82) is 0 Å². The van der Waals surface area contributed by atoms with Gasteiger partial charge in [-0.15, -0.1) is 0 Å². The molecule has 0 bridgehead atoms. The number of nitrogens with zero attached hydrogens (tertiary/aromatic N) is 3. The number of aliphatic hydroxyl groups excluding tert-OH is 1. The van der Waals surface area contributed by atoms with Crippen molar-refractivity contribution in [3.8, 4) is 0 Å². The molecular weight excluding hydrogens is 542 g/mol. The molecule has 0 radical (unpaired) electrons. The Balaban J connectivity index is 1.43. The summed E-state index contributed by atoms with van der Waals surface area (Å²) in [5, 5.41) is 18.2. The largest absolute Gasteiger partial charge is 0.394 e. The average Bonchev–Trinajstić information content (AvgIpc) is 3.51. The van der Waals surface area contributed by atoms with E-state index in [2.05, 4.69) is 17.6 Å². The maximum absolute atomic E-state index is 13.8. The van der Waals surface area contributed by atoms with Gasteiger partial charge < -0.3 is 30.0 Å². The van der Waals surface area contributed by atoms with Gasteiger partial charge in [-0.25, -0.2) is 24.6 Å². The molecule has 0 spiro atoms. The lowest BCUT2D eigenvalue weighted by Gasteiger charge is -2.31. The molecule has 13 heteroatoms. The quantitative estimate of drug-likeness (QED) is 0.127. The van der Waals surface area contributed by atoms with Crippen LogP contribution in [0.2, 0.25) is 0 Å². The molecule has 3 fully saturated rings. The number of hydrogen-bond donors (Lipinski definition) is 4. The highest BCUT2D eigenvalue weighted by atomic mass is 32.2. The number of thioether (sulfide) groups is 1. The number of aliphatic hydroxyl groups is 1. The first-order valence-corrected chi connectivity index (χ1v) is 14.7. The Kier molecular flexibility index (Phi) is 8.69. The molecule has 5 N–H and O–H groups in total. The number of hydrogen-bond acceptors (Lipinski definition) is 11. The summed E-state index contributed by atoms with van der Waals surface area (Å²) >= 11 is 1.54. The van der Waals surface area contributed by atoms with Gasteiger partial charge in [0.05, 0.1) is 25.4 Å². The molecule has 2 aromatic rings. The second-order valence-corrected chi connectivity index (χ2v) is 11.9. The highest BCUT2D eigenvalue weighted by molar-refractivity contribution is 7.99. The van der Waals surface area contributed by atoms with Gasteiger partial charge in [-0.3, -0.25) is 5.01 Å². The summed E-state index contributed by atoms with van der Waals surface area (Å²) in [7, 11) is 1.78. The van der Waals surface area contributed by atoms with Gasteiger partial charge in [-0.2, -0.15) is 0 Å². The van der Waals surface area contributed by atoms with Gasteiger partial charge in [-0.05, 0) is 44.4 Å². The molecule has 1 aliphatic heterocycles. The van der Waals surface area contributed by atoms with Crippen LogP contribution in [0.15, 0.2) is 23.4 Å². The maximum atomic E-state index is 13.8. The Bertz CT molecular complexity index is 1210. The zero-order valence-electron chi connectivity index (χ0n) is 23.2. The molecule has 6 atom stereocenters. The molecule has 3 aliphatic rings. The highest BCUT2D eigenvalue weighted by Crippen LogP contribution is 2.46. The number of hydrazine groups is 1. The first-order valence-electron chi connectivity index (χ1n) is 13.7. The molecule has 1 aromatic heterocycles. The van der Waals surface area contributed by atoms with E-state index in [1.807, 2.05) is 13.8 Å². The number of nitrogens with two attached hydrogens (primary N) is 1. The molecule has 2 heterocycles. The third-order valence-corrected chi connectivity index (χ3v) is 8.50. The number of fused-ring (bicyclic) bond motifs is 1. The van der Waals surface area contributed by atoms with Crippen LogP contribution in [0.1, 0.15) is 51.5 Å². The predicted octanol–water partition coefficient (Wildman–Crippen LogP) is 3.62. The van der Waals surface area contributed by atoms with Gasteiger partial charge in [-0.1, -0.05) is 24.8 Å². The molecule has 6 unspecified atom stereocenters. The molecule has 220 valence electrons. The summed E-state index contributed by atoms with van der Waals surface area (Å²) in [5.74, 6) is 6.27. The van der Waals surface area contributed by atoms with Crippen LogP contribution in [0.25, 0.3) is 0 Å². The molecule has 10 nitrogen and oxygen atoms in total. The summed E-state index contributed by atoms with van der Waals surface area (Å²) in [6.45, 7) is 5.90. The topological polar surface area (TPSA) is 127 Å². The van der Waals surface area contributed by atoms with Crippen molar-refractivity contribution in [2.75, 3.05) is 41.7 Å². The first-order chi connectivity index (χ1) is 19.2. The fraction of sp³-hybridized carbons (Fsp3) is 0.630. The highest BCUT2D eigenvalue weighted by Gasteiger charge is 2.56. The van der Waals surface area contributed by atoms with Gasteiger partial charge in [0.2, 0.25) is 0 Å². The predicted molar refractivity (Wildman–Crippen MR) is 149 cm³/mol. The van der Waals surface area contributed by atoms with Crippen LogP contribution < -0.4 is 21.5 Å². The average molecular weight is 581 g/mol. The van der Waals surface area contributed by atoms with E-state index in [0.29, 0.717) is 28.9 Å². The van der Waals surface area contributed by atoms with Gasteiger partial charge in [0.25, 0.3) is 0 Å². The Labute approximate surface area is 237 Å². The van der Waals surface area contributed by atoms with Gasteiger partial charge >= 0.3 is 0 Å². The fourth-order valence-electron chi connectivity index (χ4n) is 5.55. The summed E-state index contributed by atoms with van der Waals surface area (Å²) < 4.78 is 45.6. The third-order valence-electron chi connectivity index (χ3n) is 7.45. The van der Waals surface area contributed by atoms with Crippen LogP contribution in [0.3, 0.4) is 0 Å². The van der Waals surface area contributed by atoms with Crippen molar-refractivity contribution in [3.05, 3.63) is 35.4 Å². The van der Waals surface area contributed by atoms with Crippen LogP contribution >= 0.6 is 11.8 Å². The number of anilines is 3. The Hall–Kier alpha value is -2.29. The molecule has 2 aliphatic carbocycles. The lowest BCUT2D eigenvalue weighted by Crippen LogP contribution is -2.48. The Morgan fingerprint density at radius 3 is 2.67 bits per heavy atom. The number of ether oxygens (including phenoxy) is 3. The number of aromatic nitrogens is 2.